The Bertz CT molecular complexity index is 1670. The summed E-state index contributed by atoms with van der Waals surface area (Å²) in [5.74, 6) is -3.80. The van der Waals surface area contributed by atoms with Crippen LogP contribution in [0.5, 0.6) is 5.75 Å². The molecule has 2 aromatic heterocycles. The van der Waals surface area contributed by atoms with Crippen molar-refractivity contribution in [2.24, 2.45) is 17.8 Å². The van der Waals surface area contributed by atoms with Crippen LogP contribution in [-0.4, -0.2) is 34.2 Å². The lowest BCUT2D eigenvalue weighted by molar-refractivity contribution is -0.148. The van der Waals surface area contributed by atoms with Crippen molar-refractivity contribution in [2.75, 3.05) is 12.4 Å². The minimum absolute atomic E-state index is 0.0151. The molecule has 0 aliphatic heterocycles. The molecule has 0 saturated heterocycles. The number of nitrogens with zero attached hydrogens (tertiary/aromatic N) is 2. The third kappa shape index (κ3) is 4.13. The number of carboxylic acid groups (broad SMARTS) is 1. The molecule has 204 valence electrons. The van der Waals surface area contributed by atoms with Gasteiger partial charge in [0.25, 0.3) is 0 Å². The molecular weight excluding hydrogens is 521 g/mol. The van der Waals surface area contributed by atoms with Gasteiger partial charge in [-0.3, -0.25) is 4.79 Å². The van der Waals surface area contributed by atoms with Crippen LogP contribution in [-0.2, 0) is 4.79 Å². The van der Waals surface area contributed by atoms with Crippen molar-refractivity contribution >= 4 is 22.7 Å². The summed E-state index contributed by atoms with van der Waals surface area (Å²) < 4.78 is 50.4. The number of nitrogens with one attached hydrogen (secondary N) is 2. The fourth-order valence-electron chi connectivity index (χ4n) is 6.51. The van der Waals surface area contributed by atoms with Crippen LogP contribution >= 0.6 is 0 Å². The second-order valence-electron chi connectivity index (χ2n) is 10.4. The van der Waals surface area contributed by atoms with Gasteiger partial charge in [-0.1, -0.05) is 12.1 Å². The summed E-state index contributed by atoms with van der Waals surface area (Å²) >= 11 is 0. The smallest absolute Gasteiger partial charge is 0.308 e. The number of carbonyl (C=O) groups is 1. The lowest BCUT2D eigenvalue weighted by atomic mass is 9.61. The van der Waals surface area contributed by atoms with Crippen molar-refractivity contribution in [3.05, 3.63) is 65.6 Å². The van der Waals surface area contributed by atoms with E-state index in [1.807, 2.05) is 6.07 Å². The maximum absolute atomic E-state index is 16.4. The molecule has 0 spiro atoms. The second kappa shape index (κ2) is 9.90. The summed E-state index contributed by atoms with van der Waals surface area (Å²) in [5.41, 5.74) is 0.417. The summed E-state index contributed by atoms with van der Waals surface area (Å²) in [4.78, 5) is 19.5. The highest BCUT2D eigenvalue weighted by molar-refractivity contribution is 5.98. The summed E-state index contributed by atoms with van der Waals surface area (Å²) in [6.45, 7) is 0. The van der Waals surface area contributed by atoms with Gasteiger partial charge in [0.15, 0.2) is 11.6 Å². The van der Waals surface area contributed by atoms with Crippen LogP contribution < -0.4 is 10.1 Å². The molecule has 0 unspecified atom stereocenters. The molecule has 3 aliphatic carbocycles. The number of aliphatic carboxylic acids is 1. The maximum atomic E-state index is 16.4. The zero-order valence-corrected chi connectivity index (χ0v) is 21.5. The molecule has 2 aromatic carbocycles. The summed E-state index contributed by atoms with van der Waals surface area (Å²) in [6.07, 6.45) is 4.65. The maximum Gasteiger partial charge on any atom is 0.308 e. The van der Waals surface area contributed by atoms with Gasteiger partial charge in [-0.05, 0) is 61.3 Å². The van der Waals surface area contributed by atoms with Gasteiger partial charge >= 0.3 is 5.97 Å². The number of H-pyrrole nitrogens is 1. The Hall–Kier alpha value is -4.52. The molecule has 7 rings (SSSR count). The number of ether oxygens (including phenoxy) is 1. The first-order chi connectivity index (χ1) is 19.3. The van der Waals surface area contributed by atoms with Crippen LogP contribution in [0.3, 0.4) is 0 Å². The number of carboxylic acids is 1. The van der Waals surface area contributed by atoms with E-state index in [0.29, 0.717) is 11.3 Å². The number of anilines is 1. The van der Waals surface area contributed by atoms with E-state index in [-0.39, 0.29) is 50.9 Å². The average molecular weight is 547 g/mol. The quantitative estimate of drug-likeness (QED) is 0.255. The van der Waals surface area contributed by atoms with E-state index in [9.17, 15) is 23.9 Å². The molecule has 3 aliphatic rings. The van der Waals surface area contributed by atoms with Crippen molar-refractivity contribution in [3.8, 4) is 34.2 Å². The van der Waals surface area contributed by atoms with Crippen LogP contribution in [0, 0.1) is 46.5 Å². The monoisotopic (exact) mass is 546 g/mol. The fourth-order valence-corrected chi connectivity index (χ4v) is 6.51. The molecule has 2 atom stereocenters. The molecular formula is C30H25F3N4O3. The molecule has 10 heteroatoms. The van der Waals surface area contributed by atoms with Gasteiger partial charge in [0.05, 0.1) is 29.8 Å². The highest BCUT2D eigenvalue weighted by atomic mass is 19.1. The Balaban J connectivity index is 1.58. The topological polar surface area (TPSA) is 111 Å². The molecule has 40 heavy (non-hydrogen) atoms. The molecule has 4 aromatic rings. The number of nitriles is 1. The lowest BCUT2D eigenvalue weighted by Crippen LogP contribution is -2.51. The third-order valence-electron chi connectivity index (χ3n) is 8.40. The Morgan fingerprint density at radius 3 is 2.48 bits per heavy atom. The number of aromatic amines is 1. The van der Waals surface area contributed by atoms with Gasteiger partial charge < -0.3 is 20.1 Å². The first-order valence-corrected chi connectivity index (χ1v) is 13.0. The minimum Gasteiger partial charge on any atom is -0.497 e. The number of methoxy groups -OCH3 is 1. The molecule has 2 heterocycles. The summed E-state index contributed by atoms with van der Waals surface area (Å²) in [5, 5.41) is 23.5. The number of halogens is 3. The molecule has 2 bridgehead atoms. The van der Waals surface area contributed by atoms with E-state index < -0.39 is 35.4 Å². The van der Waals surface area contributed by atoms with Crippen molar-refractivity contribution < 1.29 is 27.8 Å². The van der Waals surface area contributed by atoms with Gasteiger partial charge in [-0.25, -0.2) is 18.2 Å². The predicted octanol–water partition coefficient (Wildman–Crippen LogP) is 6.50. The van der Waals surface area contributed by atoms with Gasteiger partial charge in [-0.15, -0.1) is 0 Å². The minimum atomic E-state index is -0.945. The number of benzene rings is 2. The van der Waals surface area contributed by atoms with Crippen LogP contribution in [0.2, 0.25) is 0 Å². The first-order valence-electron chi connectivity index (χ1n) is 13.0. The molecule has 0 amide bonds. The Kier molecular flexibility index (Phi) is 6.37. The van der Waals surface area contributed by atoms with E-state index in [4.69, 9.17) is 4.74 Å². The third-order valence-corrected chi connectivity index (χ3v) is 8.40. The summed E-state index contributed by atoms with van der Waals surface area (Å²) in [6, 6.07) is 9.80. The standard InChI is InChI=1S/C30H25F3N4O3/c1-40-18-8-6-14(7-9-18)23-20(12-34)27(21-13-35-28-19(21)10-17(31)11-22(28)32)37-29(25(23)33)36-26-16-4-2-15(3-5-16)24(26)30(38)39/h6-11,13,15-16,24,26,35H,2-5H2,1H3,(H,36,37)(H,38,39)/t15?,16?,24-,26-/m1/s1. The lowest BCUT2D eigenvalue weighted by Gasteiger charge is -2.47. The van der Waals surface area contributed by atoms with Crippen molar-refractivity contribution in [2.45, 2.75) is 31.7 Å². The average Bonchev–Trinajstić information content (AvgIpc) is 3.38. The number of hydrogen-bond acceptors (Lipinski definition) is 5. The van der Waals surface area contributed by atoms with Crippen molar-refractivity contribution in [1.82, 2.24) is 9.97 Å². The Morgan fingerprint density at radius 1 is 1.12 bits per heavy atom. The van der Waals surface area contributed by atoms with E-state index in [1.165, 1.54) is 13.3 Å². The first kappa shape index (κ1) is 25.7. The zero-order valence-electron chi connectivity index (χ0n) is 21.5. The van der Waals surface area contributed by atoms with Gasteiger partial charge in [-0.2, -0.15) is 5.26 Å². The van der Waals surface area contributed by atoms with E-state index in [0.717, 1.165) is 37.8 Å². The van der Waals surface area contributed by atoms with Crippen LogP contribution in [0.1, 0.15) is 31.2 Å². The number of hydrogen-bond donors (Lipinski definition) is 3. The van der Waals surface area contributed by atoms with Gasteiger partial charge in [0.2, 0.25) is 0 Å². The van der Waals surface area contributed by atoms with Crippen LogP contribution in [0.15, 0.2) is 42.6 Å². The largest absolute Gasteiger partial charge is 0.497 e. The number of pyridine rings is 1. The van der Waals surface area contributed by atoms with Gasteiger partial charge in [0.1, 0.15) is 23.5 Å². The van der Waals surface area contributed by atoms with Crippen LogP contribution in [0.25, 0.3) is 33.3 Å². The number of rotatable bonds is 6. The highest BCUT2D eigenvalue weighted by Crippen LogP contribution is 2.47. The van der Waals surface area contributed by atoms with Crippen molar-refractivity contribution in [1.29, 1.82) is 5.26 Å². The Labute approximate surface area is 227 Å². The molecule has 3 N–H and O–H groups in total. The predicted molar refractivity (Wildman–Crippen MR) is 142 cm³/mol. The van der Waals surface area contributed by atoms with E-state index >= 15 is 4.39 Å². The number of aromatic nitrogens is 2. The SMILES string of the molecule is COc1ccc(-c2c(F)c(N[C@@H]3C4CCC(CC4)[C@H]3C(=O)O)nc(-c3c[nH]c4c(F)cc(F)cc34)c2C#N)cc1. The molecule has 0 radical (unpaired) electrons. The van der Waals surface area contributed by atoms with Gasteiger partial charge in [0, 0.05) is 34.8 Å². The van der Waals surface area contributed by atoms with Crippen molar-refractivity contribution in [3.63, 3.8) is 0 Å². The molecule has 3 saturated carbocycles. The Morgan fingerprint density at radius 2 is 1.82 bits per heavy atom. The van der Waals surface area contributed by atoms with E-state index in [2.05, 4.69) is 15.3 Å². The summed E-state index contributed by atoms with van der Waals surface area (Å²) in [7, 11) is 1.49. The number of fused-ring (bicyclic) bond motifs is 4. The second-order valence-corrected chi connectivity index (χ2v) is 10.4. The molecule has 3 fully saturated rings. The normalized spacial score (nSPS) is 21.8. The molecule has 7 nitrogen and oxygen atoms in total. The van der Waals surface area contributed by atoms with E-state index in [1.54, 1.807) is 24.3 Å². The zero-order chi connectivity index (χ0) is 28.1. The van der Waals surface area contributed by atoms with Crippen LogP contribution in [0.4, 0.5) is 19.0 Å². The highest BCUT2D eigenvalue weighted by Gasteiger charge is 2.47. The fraction of sp³-hybridized carbons (Fsp3) is 0.300.